The summed E-state index contributed by atoms with van der Waals surface area (Å²) in [5.41, 5.74) is 1.75. The Labute approximate surface area is 141 Å². The van der Waals surface area contributed by atoms with Crippen LogP contribution in [0.4, 0.5) is 4.39 Å². The summed E-state index contributed by atoms with van der Waals surface area (Å²) in [4.78, 5) is 16.3. The number of likely N-dealkylation sites (tertiary alicyclic amines) is 1. The number of ether oxygens (including phenoxy) is 1. The van der Waals surface area contributed by atoms with Crippen molar-refractivity contribution in [2.45, 2.75) is 38.0 Å². The number of rotatable bonds is 5. The first-order valence-corrected chi connectivity index (χ1v) is 8.45. The van der Waals surface area contributed by atoms with Crippen LogP contribution in [-0.2, 0) is 23.1 Å². The van der Waals surface area contributed by atoms with Gasteiger partial charge in [0.15, 0.2) is 0 Å². The van der Waals surface area contributed by atoms with E-state index >= 15 is 0 Å². The van der Waals surface area contributed by atoms with Crippen LogP contribution in [0.5, 0.6) is 0 Å². The van der Waals surface area contributed by atoms with Crippen molar-refractivity contribution in [2.24, 2.45) is 7.05 Å². The van der Waals surface area contributed by atoms with Gasteiger partial charge >= 0.3 is 0 Å². The van der Waals surface area contributed by atoms with Gasteiger partial charge in [0.1, 0.15) is 6.17 Å². The summed E-state index contributed by atoms with van der Waals surface area (Å²) in [5.74, 6) is -0.0162. The van der Waals surface area contributed by atoms with Gasteiger partial charge in [0, 0.05) is 46.0 Å². The Morgan fingerprint density at radius 2 is 2.38 bits per heavy atom. The lowest BCUT2D eigenvalue weighted by molar-refractivity contribution is -0.127. The molecule has 1 fully saturated rings. The summed E-state index contributed by atoms with van der Waals surface area (Å²) < 4.78 is 21.0. The summed E-state index contributed by atoms with van der Waals surface area (Å²) in [6.45, 7) is 2.25. The molecule has 7 heteroatoms. The summed E-state index contributed by atoms with van der Waals surface area (Å²) >= 11 is 0. The Morgan fingerprint density at radius 1 is 1.54 bits per heavy atom. The van der Waals surface area contributed by atoms with E-state index in [2.05, 4.69) is 10.00 Å². The minimum atomic E-state index is -0.844. The molecule has 3 rings (SSSR count). The molecule has 0 aromatic carbocycles. The fourth-order valence-corrected chi connectivity index (χ4v) is 3.44. The summed E-state index contributed by atoms with van der Waals surface area (Å²) in [6, 6.07) is 1.97. The van der Waals surface area contributed by atoms with Crippen LogP contribution in [0, 0.1) is 0 Å². The standard InChI is InChI=1S/C17H25FN4O2/c1-20(17(23)13-4-3-7-24-12-13)10-16-8-14(18)9-22(16)11-15-5-6-19-21(15)2/h5-6,12,14,16H,3-4,7-11H2,1-2H3/t14-,16-/m0/s1. The van der Waals surface area contributed by atoms with Gasteiger partial charge in [-0.15, -0.1) is 0 Å². The maximum absolute atomic E-state index is 14.0. The smallest absolute Gasteiger partial charge is 0.252 e. The molecule has 0 unspecified atom stereocenters. The number of aryl methyl sites for hydroxylation is 1. The predicted molar refractivity (Wildman–Crippen MR) is 87.8 cm³/mol. The van der Waals surface area contributed by atoms with Gasteiger partial charge in [-0.25, -0.2) is 4.39 Å². The van der Waals surface area contributed by atoms with Crippen LogP contribution in [-0.4, -0.2) is 64.4 Å². The second-order valence-electron chi connectivity index (χ2n) is 6.67. The van der Waals surface area contributed by atoms with E-state index in [0.717, 1.165) is 18.5 Å². The molecule has 2 atom stereocenters. The van der Waals surface area contributed by atoms with Gasteiger partial charge < -0.3 is 9.64 Å². The molecule has 1 aromatic heterocycles. The Bertz CT molecular complexity index is 615. The molecule has 0 bridgehead atoms. The number of amides is 1. The van der Waals surface area contributed by atoms with E-state index in [1.807, 2.05) is 17.8 Å². The van der Waals surface area contributed by atoms with Gasteiger partial charge in [-0.05, 0) is 25.3 Å². The monoisotopic (exact) mass is 336 g/mol. The highest BCUT2D eigenvalue weighted by atomic mass is 19.1. The van der Waals surface area contributed by atoms with E-state index in [1.165, 1.54) is 0 Å². The fraction of sp³-hybridized carbons (Fsp3) is 0.647. The van der Waals surface area contributed by atoms with Crippen LogP contribution in [0.3, 0.4) is 0 Å². The van der Waals surface area contributed by atoms with Crippen molar-refractivity contribution in [3.05, 3.63) is 29.8 Å². The highest BCUT2D eigenvalue weighted by Gasteiger charge is 2.34. The predicted octanol–water partition coefficient (Wildman–Crippen LogP) is 1.49. The molecule has 0 spiro atoms. The molecule has 0 saturated carbocycles. The zero-order valence-corrected chi connectivity index (χ0v) is 14.3. The molecule has 2 aliphatic rings. The van der Waals surface area contributed by atoms with Crippen molar-refractivity contribution >= 4 is 5.91 Å². The Balaban J connectivity index is 1.62. The van der Waals surface area contributed by atoms with Crippen molar-refractivity contribution in [3.8, 4) is 0 Å². The highest BCUT2D eigenvalue weighted by Crippen LogP contribution is 2.24. The first-order chi connectivity index (χ1) is 11.5. The molecule has 2 aliphatic heterocycles. The van der Waals surface area contributed by atoms with Crippen molar-refractivity contribution in [1.82, 2.24) is 19.6 Å². The third-order valence-electron chi connectivity index (χ3n) is 4.80. The Hall–Kier alpha value is -1.89. The number of carbonyl (C=O) groups is 1. The molecular weight excluding hydrogens is 311 g/mol. The zero-order valence-electron chi connectivity index (χ0n) is 14.3. The quantitative estimate of drug-likeness (QED) is 0.817. The second kappa shape index (κ2) is 7.34. The largest absolute Gasteiger partial charge is 0.501 e. The molecule has 0 N–H and O–H groups in total. The van der Waals surface area contributed by atoms with Crippen LogP contribution < -0.4 is 0 Å². The van der Waals surface area contributed by atoms with E-state index < -0.39 is 6.17 Å². The van der Waals surface area contributed by atoms with Crippen molar-refractivity contribution in [2.75, 3.05) is 26.7 Å². The number of alkyl halides is 1. The average molecular weight is 336 g/mol. The fourth-order valence-electron chi connectivity index (χ4n) is 3.44. The lowest BCUT2D eigenvalue weighted by Crippen LogP contribution is -2.41. The van der Waals surface area contributed by atoms with E-state index in [9.17, 15) is 9.18 Å². The van der Waals surface area contributed by atoms with Gasteiger partial charge in [0.2, 0.25) is 0 Å². The normalized spacial score (nSPS) is 24.5. The van der Waals surface area contributed by atoms with Crippen LogP contribution in [0.1, 0.15) is 25.0 Å². The molecule has 1 amide bonds. The van der Waals surface area contributed by atoms with E-state index in [4.69, 9.17) is 4.74 Å². The number of aromatic nitrogens is 2. The Morgan fingerprint density at radius 3 is 3.04 bits per heavy atom. The lowest BCUT2D eigenvalue weighted by atomic mass is 10.1. The molecule has 6 nitrogen and oxygen atoms in total. The van der Waals surface area contributed by atoms with Gasteiger partial charge in [-0.3, -0.25) is 14.4 Å². The molecule has 24 heavy (non-hydrogen) atoms. The van der Waals surface area contributed by atoms with Crippen molar-refractivity contribution in [3.63, 3.8) is 0 Å². The van der Waals surface area contributed by atoms with E-state index in [1.54, 1.807) is 24.4 Å². The first-order valence-electron chi connectivity index (χ1n) is 8.45. The van der Waals surface area contributed by atoms with E-state index in [-0.39, 0.29) is 11.9 Å². The van der Waals surface area contributed by atoms with Crippen molar-refractivity contribution < 1.29 is 13.9 Å². The highest BCUT2D eigenvalue weighted by molar-refractivity contribution is 5.93. The third-order valence-corrected chi connectivity index (χ3v) is 4.80. The lowest BCUT2D eigenvalue weighted by Gasteiger charge is -2.29. The molecule has 132 valence electrons. The maximum Gasteiger partial charge on any atom is 0.252 e. The molecule has 1 saturated heterocycles. The van der Waals surface area contributed by atoms with Crippen LogP contribution in [0.25, 0.3) is 0 Å². The van der Waals surface area contributed by atoms with Crippen LogP contribution >= 0.6 is 0 Å². The third kappa shape index (κ3) is 3.77. The van der Waals surface area contributed by atoms with Crippen LogP contribution in [0.15, 0.2) is 24.1 Å². The molecule has 1 aromatic rings. The van der Waals surface area contributed by atoms with E-state index in [0.29, 0.717) is 38.2 Å². The van der Waals surface area contributed by atoms with Gasteiger partial charge in [0.25, 0.3) is 5.91 Å². The summed E-state index contributed by atoms with van der Waals surface area (Å²) in [6.07, 6.45) is 4.56. The maximum atomic E-state index is 14.0. The van der Waals surface area contributed by atoms with Crippen LogP contribution in [0.2, 0.25) is 0 Å². The SMILES string of the molecule is CN(C[C@@H]1C[C@H](F)CN1Cc1ccnn1C)C(=O)C1=COCCC1. The van der Waals surface area contributed by atoms with Gasteiger partial charge in [-0.2, -0.15) is 5.10 Å². The minimum Gasteiger partial charge on any atom is -0.501 e. The number of halogens is 1. The van der Waals surface area contributed by atoms with Gasteiger partial charge in [0.05, 0.1) is 24.1 Å². The Kier molecular flexibility index (Phi) is 5.18. The average Bonchev–Trinajstić information content (AvgIpc) is 3.13. The number of nitrogens with zero attached hydrogens (tertiary/aromatic N) is 4. The molecule has 0 aliphatic carbocycles. The number of carbonyl (C=O) groups excluding carboxylic acids is 1. The zero-order chi connectivity index (χ0) is 17.1. The molecule has 0 radical (unpaired) electrons. The second-order valence-corrected chi connectivity index (χ2v) is 6.67. The first kappa shape index (κ1) is 17.0. The minimum absolute atomic E-state index is 0.0162. The summed E-state index contributed by atoms with van der Waals surface area (Å²) in [5, 5.41) is 4.16. The topological polar surface area (TPSA) is 50.6 Å². The van der Waals surface area contributed by atoms with Gasteiger partial charge in [-0.1, -0.05) is 0 Å². The summed E-state index contributed by atoms with van der Waals surface area (Å²) in [7, 11) is 3.67. The molecule has 3 heterocycles. The number of likely N-dealkylation sites (N-methyl/N-ethyl adjacent to an activating group) is 1. The van der Waals surface area contributed by atoms with Crippen molar-refractivity contribution in [1.29, 1.82) is 0 Å². The number of hydrogen-bond donors (Lipinski definition) is 0. The number of hydrogen-bond acceptors (Lipinski definition) is 4. The molecular formula is C17H25FN4O2.